The normalized spacial score (nSPS) is 11.0. The molecule has 0 fully saturated rings. The predicted molar refractivity (Wildman–Crippen MR) is 108 cm³/mol. The summed E-state index contributed by atoms with van der Waals surface area (Å²) in [6.45, 7) is -0.0268. The number of benzene rings is 2. The molecule has 0 unspecified atom stereocenters. The second kappa shape index (κ2) is 7.86. The van der Waals surface area contributed by atoms with Crippen LogP contribution in [0.5, 0.6) is 11.5 Å². The molecule has 4 rings (SSSR count). The molecule has 30 heavy (non-hydrogen) atoms. The highest BCUT2D eigenvalue weighted by Gasteiger charge is 2.13. The van der Waals surface area contributed by atoms with E-state index in [1.165, 1.54) is 25.6 Å². The minimum absolute atomic E-state index is 0.220. The number of methoxy groups -OCH3 is 2. The molecule has 9 heteroatoms. The number of hydrogen-bond acceptors (Lipinski definition) is 5. The molecule has 2 aromatic carbocycles. The zero-order chi connectivity index (χ0) is 21.3. The first kappa shape index (κ1) is 19.4. The van der Waals surface area contributed by atoms with Gasteiger partial charge in [-0.05, 0) is 36.4 Å². The van der Waals surface area contributed by atoms with Crippen molar-refractivity contribution in [1.82, 2.24) is 19.5 Å². The quantitative estimate of drug-likeness (QED) is 0.526. The van der Waals surface area contributed by atoms with Crippen molar-refractivity contribution in [1.29, 1.82) is 0 Å². The lowest BCUT2D eigenvalue weighted by Crippen LogP contribution is -2.34. The summed E-state index contributed by atoms with van der Waals surface area (Å²) >= 11 is 0. The lowest BCUT2D eigenvalue weighted by molar-refractivity contribution is -0.122. The van der Waals surface area contributed by atoms with Gasteiger partial charge in [0.25, 0.3) is 5.56 Å². The minimum Gasteiger partial charge on any atom is -0.497 e. The smallest absolute Gasteiger partial charge is 0.291 e. The fourth-order valence-electron chi connectivity index (χ4n) is 3.29. The Labute approximate surface area is 170 Å². The number of ether oxygens (including phenoxy) is 2. The van der Waals surface area contributed by atoms with Gasteiger partial charge in [-0.1, -0.05) is 0 Å². The Morgan fingerprint density at radius 3 is 2.70 bits per heavy atom. The van der Waals surface area contributed by atoms with Gasteiger partial charge >= 0.3 is 0 Å². The molecule has 0 aliphatic heterocycles. The third-order valence-corrected chi connectivity index (χ3v) is 4.82. The Hall–Kier alpha value is -3.88. The summed E-state index contributed by atoms with van der Waals surface area (Å²) in [6, 6.07) is 11.1. The molecule has 0 spiro atoms. The van der Waals surface area contributed by atoms with Crippen LogP contribution in [0, 0.1) is 5.82 Å². The van der Waals surface area contributed by atoms with Gasteiger partial charge in [0.2, 0.25) is 5.91 Å². The molecule has 0 aliphatic carbocycles. The van der Waals surface area contributed by atoms with E-state index < -0.39 is 5.56 Å². The molecule has 1 amide bonds. The molecule has 0 bridgehead atoms. The molecule has 0 saturated carbocycles. The van der Waals surface area contributed by atoms with Crippen LogP contribution >= 0.6 is 0 Å². The van der Waals surface area contributed by atoms with E-state index in [0.717, 1.165) is 10.2 Å². The zero-order valence-electron chi connectivity index (χ0n) is 16.4. The monoisotopic (exact) mass is 410 g/mol. The van der Waals surface area contributed by atoms with E-state index in [0.29, 0.717) is 27.9 Å². The number of halogens is 1. The van der Waals surface area contributed by atoms with Crippen molar-refractivity contribution in [3.05, 3.63) is 70.5 Å². The SMILES string of the molecule is COc1ccc(CNC(=O)Cn2ncn3c(cc4cc(F)ccc43)c2=O)c(OC)c1. The molecule has 0 saturated heterocycles. The number of aromatic nitrogens is 3. The van der Waals surface area contributed by atoms with Crippen LogP contribution in [0.1, 0.15) is 5.56 Å². The number of hydrogen-bond donors (Lipinski definition) is 1. The van der Waals surface area contributed by atoms with Crippen molar-refractivity contribution < 1.29 is 18.7 Å². The lowest BCUT2D eigenvalue weighted by atomic mass is 10.2. The van der Waals surface area contributed by atoms with E-state index >= 15 is 0 Å². The second-order valence-electron chi connectivity index (χ2n) is 6.65. The van der Waals surface area contributed by atoms with E-state index in [9.17, 15) is 14.0 Å². The molecule has 154 valence electrons. The van der Waals surface area contributed by atoms with Crippen LogP contribution in [0.25, 0.3) is 16.4 Å². The predicted octanol–water partition coefficient (Wildman–Crippen LogP) is 2.12. The zero-order valence-corrected chi connectivity index (χ0v) is 16.4. The lowest BCUT2D eigenvalue weighted by Gasteiger charge is -2.11. The van der Waals surface area contributed by atoms with Gasteiger partial charge in [-0.25, -0.2) is 9.07 Å². The van der Waals surface area contributed by atoms with Gasteiger partial charge in [0.15, 0.2) is 0 Å². The molecule has 0 atom stereocenters. The summed E-state index contributed by atoms with van der Waals surface area (Å²) in [5.41, 5.74) is 1.31. The van der Waals surface area contributed by atoms with Crippen molar-refractivity contribution in [2.75, 3.05) is 14.2 Å². The summed E-state index contributed by atoms with van der Waals surface area (Å²) in [7, 11) is 3.09. The van der Waals surface area contributed by atoms with Crippen LogP contribution in [0.2, 0.25) is 0 Å². The summed E-state index contributed by atoms with van der Waals surface area (Å²) in [5.74, 6) is 0.456. The highest BCUT2D eigenvalue weighted by atomic mass is 19.1. The molecule has 4 aromatic rings. The van der Waals surface area contributed by atoms with E-state index in [1.807, 2.05) is 0 Å². The Bertz CT molecular complexity index is 1310. The third-order valence-electron chi connectivity index (χ3n) is 4.82. The van der Waals surface area contributed by atoms with Gasteiger partial charge in [-0.15, -0.1) is 0 Å². The standard InChI is InChI=1S/C21H19FN4O4/c1-29-16-5-3-13(19(9-16)30-2)10-23-20(27)11-26-21(28)18-8-14-7-15(22)4-6-17(14)25(18)12-24-26/h3-9,12H,10-11H2,1-2H3,(H,23,27). The Kier molecular flexibility index (Phi) is 5.09. The average Bonchev–Trinajstić information content (AvgIpc) is 3.12. The number of amides is 1. The van der Waals surface area contributed by atoms with Crippen LogP contribution < -0.4 is 20.3 Å². The van der Waals surface area contributed by atoms with Crippen molar-refractivity contribution >= 4 is 22.3 Å². The van der Waals surface area contributed by atoms with Crippen LogP contribution in [0.15, 0.2) is 53.6 Å². The van der Waals surface area contributed by atoms with Gasteiger partial charge in [-0.2, -0.15) is 5.10 Å². The number of carbonyl (C=O) groups excluding carboxylic acids is 1. The molecule has 2 heterocycles. The van der Waals surface area contributed by atoms with Crippen LogP contribution in [-0.4, -0.2) is 34.3 Å². The fraction of sp³-hybridized carbons (Fsp3) is 0.190. The fourth-order valence-corrected chi connectivity index (χ4v) is 3.29. The van der Waals surface area contributed by atoms with Crippen LogP contribution in [0.3, 0.4) is 0 Å². The number of fused-ring (bicyclic) bond motifs is 3. The third kappa shape index (κ3) is 3.57. The maximum absolute atomic E-state index is 13.5. The van der Waals surface area contributed by atoms with E-state index in [4.69, 9.17) is 9.47 Å². The maximum atomic E-state index is 13.5. The molecule has 2 aromatic heterocycles. The molecule has 1 N–H and O–H groups in total. The van der Waals surface area contributed by atoms with Crippen LogP contribution in [0.4, 0.5) is 4.39 Å². The number of rotatable bonds is 6. The highest BCUT2D eigenvalue weighted by molar-refractivity contribution is 5.86. The second-order valence-corrected chi connectivity index (χ2v) is 6.65. The molecule has 8 nitrogen and oxygen atoms in total. The van der Waals surface area contributed by atoms with E-state index in [1.54, 1.807) is 41.8 Å². The largest absolute Gasteiger partial charge is 0.497 e. The minimum atomic E-state index is -0.439. The first-order valence-corrected chi connectivity index (χ1v) is 9.14. The highest BCUT2D eigenvalue weighted by Crippen LogP contribution is 2.24. The molecule has 0 radical (unpaired) electrons. The first-order chi connectivity index (χ1) is 14.5. The Morgan fingerprint density at radius 1 is 1.10 bits per heavy atom. The van der Waals surface area contributed by atoms with Crippen molar-refractivity contribution in [3.63, 3.8) is 0 Å². The van der Waals surface area contributed by atoms with E-state index in [2.05, 4.69) is 10.4 Å². The number of nitrogens with zero attached hydrogens (tertiary/aromatic N) is 3. The van der Waals surface area contributed by atoms with E-state index in [-0.39, 0.29) is 24.8 Å². The maximum Gasteiger partial charge on any atom is 0.291 e. The average molecular weight is 410 g/mol. The summed E-state index contributed by atoms with van der Waals surface area (Å²) < 4.78 is 26.6. The molecule has 0 aliphatic rings. The first-order valence-electron chi connectivity index (χ1n) is 9.14. The Morgan fingerprint density at radius 2 is 1.93 bits per heavy atom. The number of nitrogens with one attached hydrogen (secondary N) is 1. The van der Waals surface area contributed by atoms with Crippen LogP contribution in [-0.2, 0) is 17.9 Å². The van der Waals surface area contributed by atoms with Crippen molar-refractivity contribution in [3.8, 4) is 11.5 Å². The number of carbonyl (C=O) groups is 1. The molecular formula is C21H19FN4O4. The summed E-state index contributed by atoms with van der Waals surface area (Å²) in [5, 5.41) is 7.41. The summed E-state index contributed by atoms with van der Waals surface area (Å²) in [4.78, 5) is 25.1. The van der Waals surface area contributed by atoms with Gasteiger partial charge in [0.05, 0.1) is 19.7 Å². The van der Waals surface area contributed by atoms with Crippen molar-refractivity contribution in [2.45, 2.75) is 13.1 Å². The Balaban J connectivity index is 1.53. The molecular weight excluding hydrogens is 391 g/mol. The van der Waals surface area contributed by atoms with Gasteiger partial charge in [0.1, 0.15) is 35.7 Å². The van der Waals surface area contributed by atoms with Gasteiger partial charge < -0.3 is 14.8 Å². The van der Waals surface area contributed by atoms with Crippen molar-refractivity contribution in [2.24, 2.45) is 0 Å². The van der Waals surface area contributed by atoms with Gasteiger partial charge in [0, 0.05) is 23.6 Å². The van der Waals surface area contributed by atoms with Gasteiger partial charge in [-0.3, -0.25) is 14.0 Å². The summed E-state index contributed by atoms with van der Waals surface area (Å²) in [6.07, 6.45) is 1.44. The topological polar surface area (TPSA) is 86.9 Å².